The van der Waals surface area contributed by atoms with Gasteiger partial charge in [0, 0.05) is 5.56 Å². The van der Waals surface area contributed by atoms with Crippen molar-refractivity contribution in [1.82, 2.24) is 15.5 Å². The van der Waals surface area contributed by atoms with E-state index in [2.05, 4.69) is 21.6 Å². The zero-order valence-corrected chi connectivity index (χ0v) is 14.4. The Morgan fingerprint density at radius 1 is 1.17 bits per heavy atom. The van der Waals surface area contributed by atoms with E-state index in [1.165, 1.54) is 0 Å². The van der Waals surface area contributed by atoms with Gasteiger partial charge in [-0.25, -0.2) is 4.79 Å². The molecule has 1 atom stereocenters. The molecule has 0 bridgehead atoms. The number of hydrogen-bond donors (Lipinski definition) is 1. The molecule has 0 saturated heterocycles. The summed E-state index contributed by atoms with van der Waals surface area (Å²) in [6.45, 7) is 11.2. The summed E-state index contributed by atoms with van der Waals surface area (Å²) in [6, 6.07) is 5.61. The molecule has 1 N–H and O–H groups in total. The van der Waals surface area contributed by atoms with Gasteiger partial charge < -0.3 is 14.5 Å². The first-order valence-corrected chi connectivity index (χ1v) is 7.55. The van der Waals surface area contributed by atoms with Gasteiger partial charge >= 0.3 is 6.09 Å². The number of hydrogen-bond acceptors (Lipinski definition) is 5. The first-order chi connectivity index (χ1) is 10.6. The van der Waals surface area contributed by atoms with Crippen LogP contribution in [0.3, 0.4) is 0 Å². The number of alkyl carbamates (subject to hydrolysis) is 1. The molecule has 124 valence electrons. The molecule has 6 heteroatoms. The van der Waals surface area contributed by atoms with Crippen LogP contribution in [0.4, 0.5) is 4.79 Å². The van der Waals surface area contributed by atoms with E-state index in [0.29, 0.717) is 11.8 Å². The summed E-state index contributed by atoms with van der Waals surface area (Å²) in [7, 11) is 0. The van der Waals surface area contributed by atoms with Crippen molar-refractivity contribution >= 4 is 6.09 Å². The SMILES string of the molecule is Cc1cc(C)cc(-c2nnc(C(C)NC(=O)OC(C)(C)C)o2)c1. The molecule has 0 aliphatic rings. The van der Waals surface area contributed by atoms with Gasteiger partial charge in [-0.15, -0.1) is 10.2 Å². The van der Waals surface area contributed by atoms with Crippen LogP contribution in [-0.2, 0) is 4.74 Å². The lowest BCUT2D eigenvalue weighted by molar-refractivity contribution is 0.0501. The lowest BCUT2D eigenvalue weighted by atomic mass is 10.1. The standard InChI is InChI=1S/C17H23N3O3/c1-10-7-11(2)9-13(8-10)15-20-19-14(22-15)12(3)18-16(21)23-17(4,5)6/h7-9,12H,1-6H3,(H,18,21). The number of benzene rings is 1. The number of aromatic nitrogens is 2. The number of aryl methyl sites for hydroxylation is 2. The summed E-state index contributed by atoms with van der Waals surface area (Å²) in [6.07, 6.45) is -0.517. The van der Waals surface area contributed by atoms with Crippen molar-refractivity contribution in [2.75, 3.05) is 0 Å². The minimum absolute atomic E-state index is 0.338. The molecule has 0 spiro atoms. The van der Waals surface area contributed by atoms with Gasteiger partial charge in [0.25, 0.3) is 0 Å². The van der Waals surface area contributed by atoms with Gasteiger partial charge in [-0.1, -0.05) is 17.2 Å². The van der Waals surface area contributed by atoms with Crippen molar-refractivity contribution in [3.8, 4) is 11.5 Å². The van der Waals surface area contributed by atoms with E-state index in [1.807, 2.05) is 46.8 Å². The number of rotatable bonds is 3. The predicted molar refractivity (Wildman–Crippen MR) is 87.0 cm³/mol. The molecule has 0 aliphatic heterocycles. The van der Waals surface area contributed by atoms with Crippen LogP contribution in [0.1, 0.15) is 50.8 Å². The predicted octanol–water partition coefficient (Wildman–Crippen LogP) is 3.94. The third-order valence-corrected chi connectivity index (χ3v) is 3.01. The van der Waals surface area contributed by atoms with Crippen molar-refractivity contribution in [2.45, 2.75) is 53.2 Å². The number of nitrogens with one attached hydrogen (secondary N) is 1. The second-order valence-corrected chi connectivity index (χ2v) is 6.69. The summed E-state index contributed by atoms with van der Waals surface area (Å²) in [5.74, 6) is 0.773. The molecule has 1 aromatic carbocycles. The normalized spacial score (nSPS) is 12.8. The average molecular weight is 317 g/mol. The largest absolute Gasteiger partial charge is 0.444 e. The van der Waals surface area contributed by atoms with Gasteiger partial charge in [0.15, 0.2) is 0 Å². The van der Waals surface area contributed by atoms with E-state index in [-0.39, 0.29) is 0 Å². The molecule has 0 radical (unpaired) electrons. The van der Waals surface area contributed by atoms with E-state index in [9.17, 15) is 4.79 Å². The molecule has 2 rings (SSSR count). The fourth-order valence-corrected chi connectivity index (χ4v) is 2.17. The van der Waals surface area contributed by atoms with Gasteiger partial charge in [-0.2, -0.15) is 0 Å². The Kier molecular flexibility index (Phi) is 4.73. The van der Waals surface area contributed by atoms with Crippen LogP contribution >= 0.6 is 0 Å². The fraction of sp³-hybridized carbons (Fsp3) is 0.471. The maximum atomic E-state index is 11.8. The Balaban J connectivity index is 2.11. The molecule has 0 fully saturated rings. The average Bonchev–Trinajstić information content (AvgIpc) is 2.84. The van der Waals surface area contributed by atoms with Crippen LogP contribution in [0.25, 0.3) is 11.5 Å². The highest BCUT2D eigenvalue weighted by molar-refractivity contribution is 5.68. The smallest absolute Gasteiger partial charge is 0.408 e. The van der Waals surface area contributed by atoms with E-state index in [0.717, 1.165) is 16.7 Å². The molecule has 0 saturated carbocycles. The molecule has 1 amide bonds. The maximum absolute atomic E-state index is 11.8. The second-order valence-electron chi connectivity index (χ2n) is 6.69. The lowest BCUT2D eigenvalue weighted by Crippen LogP contribution is -2.34. The monoisotopic (exact) mass is 317 g/mol. The first kappa shape index (κ1) is 17.0. The third-order valence-electron chi connectivity index (χ3n) is 3.01. The van der Waals surface area contributed by atoms with Crippen LogP contribution in [0.2, 0.25) is 0 Å². The van der Waals surface area contributed by atoms with Gasteiger partial charge in [-0.05, 0) is 53.7 Å². The topological polar surface area (TPSA) is 77.2 Å². The van der Waals surface area contributed by atoms with Gasteiger partial charge in [0.1, 0.15) is 11.6 Å². The van der Waals surface area contributed by atoms with E-state index in [4.69, 9.17) is 9.15 Å². The van der Waals surface area contributed by atoms with Crippen molar-refractivity contribution < 1.29 is 13.9 Å². The minimum Gasteiger partial charge on any atom is -0.444 e. The Morgan fingerprint density at radius 2 is 1.78 bits per heavy atom. The summed E-state index contributed by atoms with van der Waals surface area (Å²) in [4.78, 5) is 11.8. The Hall–Kier alpha value is -2.37. The van der Waals surface area contributed by atoms with E-state index >= 15 is 0 Å². The molecule has 1 heterocycles. The Morgan fingerprint density at radius 3 is 2.35 bits per heavy atom. The molecule has 6 nitrogen and oxygen atoms in total. The Labute approximate surface area is 136 Å². The second kappa shape index (κ2) is 6.40. The van der Waals surface area contributed by atoms with Crippen molar-refractivity contribution in [3.63, 3.8) is 0 Å². The van der Waals surface area contributed by atoms with Crippen LogP contribution < -0.4 is 5.32 Å². The first-order valence-electron chi connectivity index (χ1n) is 7.55. The number of nitrogens with zero attached hydrogens (tertiary/aromatic N) is 2. The minimum atomic E-state index is -0.553. The van der Waals surface area contributed by atoms with Gasteiger partial charge in [-0.3, -0.25) is 0 Å². The summed E-state index contributed by atoms with van der Waals surface area (Å²) in [5.41, 5.74) is 2.56. The highest BCUT2D eigenvalue weighted by Gasteiger charge is 2.21. The van der Waals surface area contributed by atoms with Crippen LogP contribution in [0.5, 0.6) is 0 Å². The van der Waals surface area contributed by atoms with Gasteiger partial charge in [0.05, 0.1) is 0 Å². The fourth-order valence-electron chi connectivity index (χ4n) is 2.17. The molecule has 2 aromatic rings. The summed E-state index contributed by atoms with van der Waals surface area (Å²) < 4.78 is 10.9. The molecule has 23 heavy (non-hydrogen) atoms. The molecular formula is C17H23N3O3. The number of amides is 1. The molecule has 1 unspecified atom stereocenters. The summed E-state index contributed by atoms with van der Waals surface area (Å²) in [5, 5.41) is 10.8. The number of carbonyl (C=O) groups is 1. The van der Waals surface area contributed by atoms with Crippen molar-refractivity contribution in [2.24, 2.45) is 0 Å². The number of ether oxygens (including phenoxy) is 1. The van der Waals surface area contributed by atoms with E-state index < -0.39 is 17.7 Å². The molecule has 0 aliphatic carbocycles. The van der Waals surface area contributed by atoms with Crippen LogP contribution in [0.15, 0.2) is 22.6 Å². The molecular weight excluding hydrogens is 294 g/mol. The third kappa shape index (κ3) is 4.81. The Bertz CT molecular complexity index is 681. The van der Waals surface area contributed by atoms with Gasteiger partial charge in [0.2, 0.25) is 11.8 Å². The highest BCUT2D eigenvalue weighted by Crippen LogP contribution is 2.23. The maximum Gasteiger partial charge on any atom is 0.408 e. The lowest BCUT2D eigenvalue weighted by Gasteiger charge is -2.20. The quantitative estimate of drug-likeness (QED) is 0.927. The van der Waals surface area contributed by atoms with Crippen molar-refractivity contribution in [3.05, 3.63) is 35.2 Å². The highest BCUT2D eigenvalue weighted by atomic mass is 16.6. The van der Waals surface area contributed by atoms with Crippen LogP contribution in [-0.4, -0.2) is 21.9 Å². The summed E-state index contributed by atoms with van der Waals surface area (Å²) >= 11 is 0. The zero-order chi connectivity index (χ0) is 17.2. The van der Waals surface area contributed by atoms with E-state index in [1.54, 1.807) is 6.92 Å². The molecule has 1 aromatic heterocycles. The van der Waals surface area contributed by atoms with Crippen LogP contribution in [0, 0.1) is 13.8 Å². The number of carbonyl (C=O) groups excluding carboxylic acids is 1. The van der Waals surface area contributed by atoms with Crippen molar-refractivity contribution in [1.29, 1.82) is 0 Å². The zero-order valence-electron chi connectivity index (χ0n) is 14.4.